The molecule has 3 N–H and O–H groups in total. The Morgan fingerprint density at radius 2 is 2.21 bits per heavy atom. The predicted molar refractivity (Wildman–Crippen MR) is 93.2 cm³/mol. The van der Waals surface area contributed by atoms with E-state index < -0.39 is 11.8 Å². The van der Waals surface area contributed by atoms with E-state index in [2.05, 4.69) is 27.0 Å². The molecule has 1 aromatic carbocycles. The molecular formula is C17H18ClFN4O. The first-order valence-electron chi connectivity index (χ1n) is 7.85. The molecule has 3 rings (SSSR count). The highest BCUT2D eigenvalue weighted by atomic mass is 35.5. The number of benzene rings is 1. The molecule has 0 saturated heterocycles. The van der Waals surface area contributed by atoms with Gasteiger partial charge in [-0.05, 0) is 36.6 Å². The Bertz CT molecular complexity index is 753. The third-order valence-corrected chi connectivity index (χ3v) is 4.11. The summed E-state index contributed by atoms with van der Waals surface area (Å²) in [6.45, 7) is 1.34. The van der Waals surface area contributed by atoms with Gasteiger partial charge in [-0.15, -0.1) is 0 Å². The number of anilines is 2. The molecular weight excluding hydrogens is 331 g/mol. The number of hydrogen-bond donors (Lipinski definition) is 3. The SMILES string of the molecule is O=C(NCCc1ccc2c(n1)NCCC2)Nc1cccc(Cl)c1F. The maximum atomic E-state index is 13.7. The van der Waals surface area contributed by atoms with Crippen molar-refractivity contribution in [3.05, 3.63) is 52.4 Å². The van der Waals surface area contributed by atoms with Crippen LogP contribution in [0.2, 0.25) is 5.02 Å². The van der Waals surface area contributed by atoms with Gasteiger partial charge in [0.05, 0.1) is 10.7 Å². The van der Waals surface area contributed by atoms with Crippen LogP contribution in [-0.4, -0.2) is 24.1 Å². The van der Waals surface area contributed by atoms with E-state index in [9.17, 15) is 9.18 Å². The highest BCUT2D eigenvalue weighted by Crippen LogP contribution is 2.22. The van der Waals surface area contributed by atoms with E-state index in [0.717, 1.165) is 30.9 Å². The number of pyridine rings is 1. The summed E-state index contributed by atoms with van der Waals surface area (Å²) in [4.78, 5) is 16.4. The molecule has 0 radical (unpaired) electrons. The number of fused-ring (bicyclic) bond motifs is 1. The van der Waals surface area contributed by atoms with Gasteiger partial charge in [0.25, 0.3) is 0 Å². The van der Waals surface area contributed by atoms with Crippen LogP contribution < -0.4 is 16.0 Å². The highest BCUT2D eigenvalue weighted by molar-refractivity contribution is 6.31. The van der Waals surface area contributed by atoms with Crippen LogP contribution in [0.5, 0.6) is 0 Å². The lowest BCUT2D eigenvalue weighted by atomic mass is 10.1. The number of nitrogens with one attached hydrogen (secondary N) is 3. The van der Waals surface area contributed by atoms with Gasteiger partial charge in [0.1, 0.15) is 5.82 Å². The van der Waals surface area contributed by atoms with E-state index in [1.807, 2.05) is 6.07 Å². The van der Waals surface area contributed by atoms with E-state index >= 15 is 0 Å². The van der Waals surface area contributed by atoms with Crippen LogP contribution in [0.3, 0.4) is 0 Å². The molecule has 24 heavy (non-hydrogen) atoms. The largest absolute Gasteiger partial charge is 0.370 e. The van der Waals surface area contributed by atoms with E-state index in [0.29, 0.717) is 13.0 Å². The summed E-state index contributed by atoms with van der Waals surface area (Å²) in [6.07, 6.45) is 2.76. The summed E-state index contributed by atoms with van der Waals surface area (Å²) in [5.74, 6) is 0.293. The second-order valence-electron chi connectivity index (χ2n) is 5.57. The Balaban J connectivity index is 1.51. The minimum absolute atomic E-state index is 0.0291. The molecule has 0 aliphatic carbocycles. The molecule has 0 atom stereocenters. The fourth-order valence-electron chi connectivity index (χ4n) is 2.58. The molecule has 1 aromatic heterocycles. The second-order valence-corrected chi connectivity index (χ2v) is 5.98. The number of rotatable bonds is 4. The monoisotopic (exact) mass is 348 g/mol. The topological polar surface area (TPSA) is 66.0 Å². The van der Waals surface area contributed by atoms with E-state index in [-0.39, 0.29) is 10.7 Å². The number of nitrogens with zero attached hydrogens (tertiary/aromatic N) is 1. The van der Waals surface area contributed by atoms with Crippen LogP contribution in [0, 0.1) is 5.82 Å². The summed E-state index contributed by atoms with van der Waals surface area (Å²) in [5, 5.41) is 8.38. The van der Waals surface area contributed by atoms with Gasteiger partial charge in [0, 0.05) is 25.2 Å². The number of carbonyl (C=O) groups excluding carboxylic acids is 1. The summed E-state index contributed by atoms with van der Waals surface area (Å²) >= 11 is 5.68. The average molecular weight is 349 g/mol. The van der Waals surface area contributed by atoms with Crippen molar-refractivity contribution < 1.29 is 9.18 Å². The van der Waals surface area contributed by atoms with Crippen LogP contribution in [0.15, 0.2) is 30.3 Å². The van der Waals surface area contributed by atoms with Crippen LogP contribution >= 0.6 is 11.6 Å². The lowest BCUT2D eigenvalue weighted by Gasteiger charge is -2.17. The Hall–Kier alpha value is -2.34. The van der Waals surface area contributed by atoms with Crippen LogP contribution in [-0.2, 0) is 12.8 Å². The van der Waals surface area contributed by atoms with Crippen LogP contribution in [0.4, 0.5) is 20.7 Å². The second kappa shape index (κ2) is 7.49. The quantitative estimate of drug-likeness (QED) is 0.791. The normalized spacial score (nSPS) is 12.9. The van der Waals surface area contributed by atoms with Gasteiger partial charge in [0.2, 0.25) is 0 Å². The van der Waals surface area contributed by atoms with Gasteiger partial charge < -0.3 is 16.0 Å². The number of amides is 2. The molecule has 0 saturated carbocycles. The number of aryl methyl sites for hydroxylation is 1. The zero-order chi connectivity index (χ0) is 16.9. The Labute approximate surface area is 144 Å². The molecule has 1 aliphatic heterocycles. The van der Waals surface area contributed by atoms with E-state index in [1.165, 1.54) is 17.7 Å². The van der Waals surface area contributed by atoms with Gasteiger partial charge in [-0.2, -0.15) is 0 Å². The first-order chi connectivity index (χ1) is 11.6. The maximum absolute atomic E-state index is 13.7. The lowest BCUT2D eigenvalue weighted by molar-refractivity contribution is 0.252. The zero-order valence-corrected chi connectivity index (χ0v) is 13.8. The Morgan fingerprint density at radius 3 is 3.08 bits per heavy atom. The summed E-state index contributed by atoms with van der Waals surface area (Å²) in [7, 11) is 0. The molecule has 0 spiro atoms. The van der Waals surface area contributed by atoms with Gasteiger partial charge in [-0.25, -0.2) is 14.2 Å². The number of carbonyl (C=O) groups is 1. The average Bonchev–Trinajstić information content (AvgIpc) is 2.59. The Kier molecular flexibility index (Phi) is 5.15. The van der Waals surface area contributed by atoms with Crippen molar-refractivity contribution in [3.63, 3.8) is 0 Å². The molecule has 2 heterocycles. The number of halogens is 2. The van der Waals surface area contributed by atoms with Gasteiger partial charge in [-0.1, -0.05) is 23.7 Å². The number of urea groups is 1. The highest BCUT2D eigenvalue weighted by Gasteiger charge is 2.11. The molecule has 1 aliphatic rings. The zero-order valence-electron chi connectivity index (χ0n) is 13.0. The van der Waals surface area contributed by atoms with Crippen molar-refractivity contribution in [1.82, 2.24) is 10.3 Å². The molecule has 2 aromatic rings. The third kappa shape index (κ3) is 3.94. The fourth-order valence-corrected chi connectivity index (χ4v) is 2.75. The van der Waals surface area contributed by atoms with Gasteiger partial charge in [-0.3, -0.25) is 0 Å². The summed E-state index contributed by atoms with van der Waals surface area (Å²) < 4.78 is 13.7. The van der Waals surface area contributed by atoms with Gasteiger partial charge in [0.15, 0.2) is 5.82 Å². The predicted octanol–water partition coefficient (Wildman–Crippen LogP) is 3.60. The van der Waals surface area contributed by atoms with Crippen molar-refractivity contribution in [3.8, 4) is 0 Å². The number of hydrogen-bond acceptors (Lipinski definition) is 3. The molecule has 2 amide bonds. The van der Waals surface area contributed by atoms with E-state index in [4.69, 9.17) is 11.6 Å². The van der Waals surface area contributed by atoms with E-state index in [1.54, 1.807) is 6.07 Å². The van der Waals surface area contributed by atoms with Crippen molar-refractivity contribution in [2.75, 3.05) is 23.7 Å². The first-order valence-corrected chi connectivity index (χ1v) is 8.23. The Morgan fingerprint density at radius 1 is 1.33 bits per heavy atom. The fraction of sp³-hybridized carbons (Fsp3) is 0.294. The number of aromatic nitrogens is 1. The summed E-state index contributed by atoms with van der Waals surface area (Å²) in [6, 6.07) is 8.03. The smallest absolute Gasteiger partial charge is 0.319 e. The van der Waals surface area contributed by atoms with Crippen LogP contribution in [0.25, 0.3) is 0 Å². The maximum Gasteiger partial charge on any atom is 0.319 e. The molecule has 5 nitrogen and oxygen atoms in total. The molecule has 0 unspecified atom stereocenters. The lowest BCUT2D eigenvalue weighted by Crippen LogP contribution is -2.31. The molecule has 126 valence electrons. The third-order valence-electron chi connectivity index (χ3n) is 3.82. The minimum atomic E-state index is -0.642. The molecule has 7 heteroatoms. The first kappa shape index (κ1) is 16.5. The van der Waals surface area contributed by atoms with Crippen molar-refractivity contribution in [2.24, 2.45) is 0 Å². The van der Waals surface area contributed by atoms with Crippen molar-refractivity contribution in [2.45, 2.75) is 19.3 Å². The van der Waals surface area contributed by atoms with Gasteiger partial charge >= 0.3 is 6.03 Å². The summed E-state index contributed by atoms with van der Waals surface area (Å²) in [5.41, 5.74) is 2.18. The van der Waals surface area contributed by atoms with Crippen molar-refractivity contribution >= 4 is 29.1 Å². The van der Waals surface area contributed by atoms with Crippen molar-refractivity contribution in [1.29, 1.82) is 0 Å². The standard InChI is InChI=1S/C17H18ClFN4O/c18-13-4-1-5-14(15(13)19)23-17(24)21-10-8-12-7-6-11-3-2-9-20-16(11)22-12/h1,4-7H,2-3,8-10H2,(H,20,22)(H2,21,23,24). The van der Waals surface area contributed by atoms with Crippen LogP contribution in [0.1, 0.15) is 17.7 Å². The molecule has 0 fully saturated rings. The molecule has 0 bridgehead atoms. The minimum Gasteiger partial charge on any atom is -0.370 e.